The number of methoxy groups -OCH3 is 1. The monoisotopic (exact) mass is 356 g/mol. The maximum absolute atomic E-state index is 12.6. The standard InChI is InChI=1S/C19H16O7/c1-18-5-7-24-19(18,2)26-11-8-10(22-3)12-9-4-6-23-16(20)13(9)17(21)25-15(12)14(11)18/h5,7-8H,4,6H2,1-3H3/t18-,19+/m0/s1. The number of cyclic esters (lactones) is 1. The molecule has 0 spiro atoms. The molecule has 0 amide bonds. The number of benzene rings is 1. The number of fused-ring (bicyclic) bond motifs is 7. The molecule has 3 aliphatic heterocycles. The second kappa shape index (κ2) is 4.60. The van der Waals surface area contributed by atoms with Crippen molar-refractivity contribution in [2.75, 3.05) is 13.7 Å². The van der Waals surface area contributed by atoms with Gasteiger partial charge in [-0.25, -0.2) is 9.59 Å². The number of hydrogen-bond donors (Lipinski definition) is 0. The predicted octanol–water partition coefficient (Wildman–Crippen LogP) is 2.42. The van der Waals surface area contributed by atoms with Gasteiger partial charge in [-0.2, -0.15) is 0 Å². The summed E-state index contributed by atoms with van der Waals surface area (Å²) in [5.41, 5.74) is 0.237. The summed E-state index contributed by atoms with van der Waals surface area (Å²) in [6.45, 7) is 4.00. The van der Waals surface area contributed by atoms with Gasteiger partial charge in [0, 0.05) is 19.4 Å². The first kappa shape index (κ1) is 15.3. The van der Waals surface area contributed by atoms with E-state index in [1.54, 1.807) is 12.3 Å². The average Bonchev–Trinajstić information content (AvgIpc) is 2.99. The lowest BCUT2D eigenvalue weighted by molar-refractivity contribution is -0.131. The normalized spacial score (nSPS) is 28.0. The third kappa shape index (κ3) is 1.58. The van der Waals surface area contributed by atoms with Gasteiger partial charge in [-0.15, -0.1) is 0 Å². The topological polar surface area (TPSA) is 84.2 Å². The van der Waals surface area contributed by atoms with Crippen LogP contribution in [0, 0.1) is 0 Å². The molecule has 2 aromatic rings. The third-order valence-electron chi connectivity index (χ3n) is 5.68. The van der Waals surface area contributed by atoms with E-state index in [0.29, 0.717) is 40.0 Å². The van der Waals surface area contributed by atoms with Crippen molar-refractivity contribution in [3.8, 4) is 11.5 Å². The van der Waals surface area contributed by atoms with Gasteiger partial charge >= 0.3 is 11.6 Å². The summed E-state index contributed by atoms with van der Waals surface area (Å²) in [7, 11) is 1.52. The number of rotatable bonds is 1. The van der Waals surface area contributed by atoms with Crippen LogP contribution in [0.3, 0.4) is 0 Å². The Kier molecular flexibility index (Phi) is 2.71. The molecule has 26 heavy (non-hydrogen) atoms. The Hall–Kier alpha value is -2.96. The molecule has 1 aromatic heterocycles. The van der Waals surface area contributed by atoms with E-state index in [-0.39, 0.29) is 12.2 Å². The van der Waals surface area contributed by atoms with Crippen molar-refractivity contribution in [3.05, 3.63) is 45.5 Å². The lowest BCUT2D eigenvalue weighted by Crippen LogP contribution is -2.44. The average molecular weight is 356 g/mol. The summed E-state index contributed by atoms with van der Waals surface area (Å²) in [6.07, 6.45) is 3.89. The van der Waals surface area contributed by atoms with Gasteiger partial charge in [-0.1, -0.05) is 0 Å². The van der Waals surface area contributed by atoms with E-state index in [0.717, 1.165) is 0 Å². The molecule has 3 aliphatic rings. The van der Waals surface area contributed by atoms with Gasteiger partial charge in [0.1, 0.15) is 17.1 Å². The van der Waals surface area contributed by atoms with Crippen LogP contribution in [-0.4, -0.2) is 25.5 Å². The van der Waals surface area contributed by atoms with Crippen LogP contribution < -0.4 is 15.1 Å². The smallest absolute Gasteiger partial charge is 0.351 e. The van der Waals surface area contributed by atoms with E-state index in [4.69, 9.17) is 23.4 Å². The minimum Gasteiger partial charge on any atom is -0.496 e. The van der Waals surface area contributed by atoms with E-state index in [9.17, 15) is 9.59 Å². The summed E-state index contributed by atoms with van der Waals surface area (Å²) in [5, 5.41) is 0.604. The zero-order valence-corrected chi connectivity index (χ0v) is 14.5. The van der Waals surface area contributed by atoms with Crippen LogP contribution in [0.1, 0.15) is 35.3 Å². The number of ether oxygens (including phenoxy) is 4. The summed E-state index contributed by atoms with van der Waals surface area (Å²) < 4.78 is 27.9. The third-order valence-corrected chi connectivity index (χ3v) is 5.68. The molecule has 7 heteroatoms. The number of carbonyl (C=O) groups excluding carboxylic acids is 1. The first-order chi connectivity index (χ1) is 12.4. The molecule has 1 aromatic carbocycles. The molecule has 0 saturated carbocycles. The van der Waals surface area contributed by atoms with Crippen LogP contribution in [0.2, 0.25) is 0 Å². The lowest BCUT2D eigenvalue weighted by Gasteiger charge is -2.30. The van der Waals surface area contributed by atoms with Crippen LogP contribution in [0.4, 0.5) is 0 Å². The van der Waals surface area contributed by atoms with Gasteiger partial charge in [0.05, 0.1) is 36.3 Å². The summed E-state index contributed by atoms with van der Waals surface area (Å²) in [6, 6.07) is 1.75. The molecule has 4 heterocycles. The fourth-order valence-corrected chi connectivity index (χ4v) is 4.12. The Morgan fingerprint density at radius 2 is 2.04 bits per heavy atom. The van der Waals surface area contributed by atoms with Crippen LogP contribution in [0.5, 0.6) is 11.5 Å². The van der Waals surface area contributed by atoms with Gasteiger partial charge in [0.2, 0.25) is 0 Å². The molecular weight excluding hydrogens is 340 g/mol. The minimum absolute atomic E-state index is 0.0629. The SMILES string of the molecule is COc1cc2c(c3oc(=O)c4c(c13)CCOC4=O)[C@]1(C)C=CO[C@]1(C)O2. The minimum atomic E-state index is -0.942. The molecule has 0 fully saturated rings. The zero-order valence-electron chi connectivity index (χ0n) is 14.5. The molecule has 0 unspecified atom stereocenters. The van der Waals surface area contributed by atoms with E-state index < -0.39 is 22.8 Å². The molecule has 7 nitrogen and oxygen atoms in total. The van der Waals surface area contributed by atoms with Gasteiger partial charge in [0.25, 0.3) is 5.79 Å². The second-order valence-corrected chi connectivity index (χ2v) is 6.96. The van der Waals surface area contributed by atoms with E-state index >= 15 is 0 Å². The molecule has 0 radical (unpaired) electrons. The van der Waals surface area contributed by atoms with Gasteiger partial charge in [0.15, 0.2) is 5.58 Å². The van der Waals surface area contributed by atoms with Crippen molar-refractivity contribution in [1.29, 1.82) is 0 Å². The highest BCUT2D eigenvalue weighted by Crippen LogP contribution is 2.57. The van der Waals surface area contributed by atoms with Crippen molar-refractivity contribution in [2.24, 2.45) is 0 Å². The molecular formula is C19H16O7. The van der Waals surface area contributed by atoms with Crippen LogP contribution in [0.25, 0.3) is 11.0 Å². The van der Waals surface area contributed by atoms with Crippen molar-refractivity contribution < 1.29 is 28.2 Å². The molecule has 0 N–H and O–H groups in total. The van der Waals surface area contributed by atoms with Gasteiger partial charge < -0.3 is 23.4 Å². The molecule has 2 atom stereocenters. The fraction of sp³-hybridized carbons (Fsp3) is 0.368. The predicted molar refractivity (Wildman–Crippen MR) is 89.6 cm³/mol. The van der Waals surface area contributed by atoms with E-state index in [2.05, 4.69) is 0 Å². The van der Waals surface area contributed by atoms with Crippen LogP contribution in [-0.2, 0) is 21.3 Å². The van der Waals surface area contributed by atoms with E-state index in [1.165, 1.54) is 7.11 Å². The molecule has 0 bridgehead atoms. The summed E-state index contributed by atoms with van der Waals surface area (Å²) in [5.74, 6) is -0.599. The lowest BCUT2D eigenvalue weighted by atomic mass is 9.77. The van der Waals surface area contributed by atoms with Crippen molar-refractivity contribution >= 4 is 16.9 Å². The fourth-order valence-electron chi connectivity index (χ4n) is 4.12. The highest BCUT2D eigenvalue weighted by molar-refractivity contribution is 6.01. The summed E-state index contributed by atoms with van der Waals surface area (Å²) in [4.78, 5) is 24.7. The van der Waals surface area contributed by atoms with Crippen molar-refractivity contribution in [2.45, 2.75) is 31.5 Å². The maximum Gasteiger partial charge on any atom is 0.351 e. The zero-order chi connectivity index (χ0) is 18.3. The number of carbonyl (C=O) groups is 1. The second-order valence-electron chi connectivity index (χ2n) is 6.96. The Bertz CT molecular complexity index is 1080. The van der Waals surface area contributed by atoms with Gasteiger partial charge in [-0.05, 0) is 18.6 Å². The highest BCUT2D eigenvalue weighted by Gasteiger charge is 2.59. The number of hydrogen-bond acceptors (Lipinski definition) is 7. The summed E-state index contributed by atoms with van der Waals surface area (Å²) >= 11 is 0. The molecule has 0 aliphatic carbocycles. The molecule has 134 valence electrons. The molecule has 5 rings (SSSR count). The Morgan fingerprint density at radius 1 is 1.23 bits per heavy atom. The quantitative estimate of drug-likeness (QED) is 0.573. The maximum atomic E-state index is 12.6. The Morgan fingerprint density at radius 3 is 2.81 bits per heavy atom. The Labute approximate surface area is 148 Å². The van der Waals surface area contributed by atoms with Crippen LogP contribution >= 0.6 is 0 Å². The highest BCUT2D eigenvalue weighted by atomic mass is 16.7. The van der Waals surface area contributed by atoms with Crippen molar-refractivity contribution in [3.63, 3.8) is 0 Å². The first-order valence-electron chi connectivity index (χ1n) is 8.32. The van der Waals surface area contributed by atoms with Crippen molar-refractivity contribution in [1.82, 2.24) is 0 Å². The molecule has 0 saturated heterocycles. The number of esters is 1. The van der Waals surface area contributed by atoms with E-state index in [1.807, 2.05) is 19.9 Å². The largest absolute Gasteiger partial charge is 0.496 e. The first-order valence-corrected chi connectivity index (χ1v) is 8.32. The van der Waals surface area contributed by atoms with Gasteiger partial charge in [-0.3, -0.25) is 0 Å². The van der Waals surface area contributed by atoms with Crippen LogP contribution in [0.15, 0.2) is 27.6 Å². The Balaban J connectivity index is 1.96.